The number of H-pyrrole nitrogens is 1. The molecule has 1 aromatic carbocycles. The van der Waals surface area contributed by atoms with Crippen molar-refractivity contribution in [2.75, 3.05) is 46.0 Å². The molecule has 36 heavy (non-hydrogen) atoms. The van der Waals surface area contributed by atoms with E-state index in [0.717, 1.165) is 86.7 Å². The maximum atomic E-state index is 13.0. The lowest BCUT2D eigenvalue weighted by atomic mass is 10.1. The van der Waals surface area contributed by atoms with Crippen LogP contribution in [0.4, 0.5) is 0 Å². The molecular weight excluding hydrogens is 458 g/mol. The quantitative estimate of drug-likeness (QED) is 0.433. The molecule has 0 spiro atoms. The summed E-state index contributed by atoms with van der Waals surface area (Å²) in [5, 5.41) is 13.7. The molecule has 1 saturated carbocycles. The molecule has 3 heterocycles. The van der Waals surface area contributed by atoms with Crippen molar-refractivity contribution in [2.45, 2.75) is 58.2 Å². The number of ether oxygens (including phenoxy) is 2. The number of hydrogen-bond acceptors (Lipinski definition) is 8. The second-order valence-corrected chi connectivity index (χ2v) is 9.80. The third-order valence-corrected chi connectivity index (χ3v) is 7.25. The van der Waals surface area contributed by atoms with E-state index in [1.165, 1.54) is 12.8 Å². The van der Waals surface area contributed by atoms with E-state index in [1.807, 2.05) is 35.9 Å². The third kappa shape index (κ3) is 6.11. The van der Waals surface area contributed by atoms with E-state index in [0.29, 0.717) is 25.7 Å². The van der Waals surface area contributed by atoms with Gasteiger partial charge in [-0.3, -0.25) is 14.6 Å². The first-order chi connectivity index (χ1) is 17.7. The third-order valence-electron chi connectivity index (χ3n) is 7.25. The summed E-state index contributed by atoms with van der Waals surface area (Å²) in [7, 11) is 0. The summed E-state index contributed by atoms with van der Waals surface area (Å²) in [6.45, 7) is 9.15. The number of fused-ring (bicyclic) bond motifs is 1. The van der Waals surface area contributed by atoms with Gasteiger partial charge in [0.25, 0.3) is 5.56 Å². The summed E-state index contributed by atoms with van der Waals surface area (Å²) in [5.74, 6) is 1.69. The van der Waals surface area contributed by atoms with Crippen LogP contribution in [0.5, 0.6) is 5.75 Å². The molecule has 0 unspecified atom stereocenters. The van der Waals surface area contributed by atoms with Crippen LogP contribution in [0.2, 0.25) is 0 Å². The maximum absolute atomic E-state index is 13.0. The Labute approximate surface area is 211 Å². The Balaban J connectivity index is 1.34. The molecule has 0 bridgehead atoms. The van der Waals surface area contributed by atoms with Crippen LogP contribution in [0.1, 0.15) is 56.5 Å². The van der Waals surface area contributed by atoms with Crippen molar-refractivity contribution < 1.29 is 9.47 Å². The van der Waals surface area contributed by atoms with E-state index in [4.69, 9.17) is 9.47 Å². The Morgan fingerprint density at radius 2 is 2.00 bits per heavy atom. The molecule has 3 aromatic rings. The molecule has 1 aliphatic carbocycles. The first kappa shape index (κ1) is 24.9. The molecule has 0 atom stereocenters. The van der Waals surface area contributed by atoms with Crippen molar-refractivity contribution in [1.82, 2.24) is 35.0 Å². The van der Waals surface area contributed by atoms with Gasteiger partial charge in [-0.05, 0) is 67.4 Å². The molecule has 1 aliphatic heterocycles. The zero-order chi connectivity index (χ0) is 24.7. The molecule has 2 aromatic heterocycles. The fourth-order valence-electron chi connectivity index (χ4n) is 5.35. The van der Waals surface area contributed by atoms with Crippen LogP contribution in [0, 0.1) is 0 Å². The van der Waals surface area contributed by atoms with Crippen molar-refractivity contribution in [3.05, 3.63) is 46.0 Å². The van der Waals surface area contributed by atoms with E-state index in [9.17, 15) is 4.79 Å². The highest BCUT2D eigenvalue weighted by Gasteiger charge is 2.23. The van der Waals surface area contributed by atoms with Crippen LogP contribution in [-0.2, 0) is 17.8 Å². The van der Waals surface area contributed by atoms with Crippen LogP contribution in [0.3, 0.4) is 0 Å². The minimum Gasteiger partial charge on any atom is -0.494 e. The Kier molecular flexibility index (Phi) is 8.25. The van der Waals surface area contributed by atoms with E-state index >= 15 is 0 Å². The molecule has 10 nitrogen and oxygen atoms in total. The molecule has 1 saturated heterocycles. The van der Waals surface area contributed by atoms with Crippen LogP contribution in [-0.4, -0.2) is 81.0 Å². The number of rotatable bonds is 11. The van der Waals surface area contributed by atoms with Gasteiger partial charge in [0.05, 0.1) is 32.4 Å². The highest BCUT2D eigenvalue weighted by Crippen LogP contribution is 2.29. The lowest BCUT2D eigenvalue weighted by molar-refractivity contribution is 0.0358. The van der Waals surface area contributed by atoms with Gasteiger partial charge in [-0.25, -0.2) is 4.68 Å². The van der Waals surface area contributed by atoms with Crippen LogP contribution >= 0.6 is 0 Å². The number of aromatic nitrogens is 5. The van der Waals surface area contributed by atoms with Gasteiger partial charge < -0.3 is 14.5 Å². The molecule has 10 heteroatoms. The second-order valence-electron chi connectivity index (χ2n) is 9.80. The summed E-state index contributed by atoms with van der Waals surface area (Å²) in [4.78, 5) is 20.8. The van der Waals surface area contributed by atoms with E-state index < -0.39 is 0 Å². The summed E-state index contributed by atoms with van der Waals surface area (Å²) in [5.41, 5.74) is 1.50. The van der Waals surface area contributed by atoms with Gasteiger partial charge in [-0.2, -0.15) is 0 Å². The van der Waals surface area contributed by atoms with Gasteiger partial charge >= 0.3 is 0 Å². The molecule has 2 fully saturated rings. The number of nitrogens with one attached hydrogen (secondary N) is 1. The molecule has 5 rings (SSSR count). The number of aromatic amines is 1. The fraction of sp³-hybridized carbons (Fsp3) is 0.615. The lowest BCUT2D eigenvalue weighted by Gasteiger charge is -2.28. The van der Waals surface area contributed by atoms with Gasteiger partial charge in [-0.1, -0.05) is 12.8 Å². The van der Waals surface area contributed by atoms with Gasteiger partial charge in [-0.15, -0.1) is 5.10 Å². The SMILES string of the molecule is CCOc1ccc2[nH]c(=O)c(CN(CCCN3CCOCC3)Cc3nnnn3C3CCCC3)cc2c1. The molecular formula is C26H37N7O3. The van der Waals surface area contributed by atoms with Crippen molar-refractivity contribution in [3.8, 4) is 5.75 Å². The highest BCUT2D eigenvalue weighted by atomic mass is 16.5. The average molecular weight is 496 g/mol. The Morgan fingerprint density at radius 3 is 2.81 bits per heavy atom. The first-order valence-corrected chi connectivity index (χ1v) is 13.3. The van der Waals surface area contributed by atoms with Crippen LogP contribution < -0.4 is 10.3 Å². The van der Waals surface area contributed by atoms with E-state index in [2.05, 4.69) is 30.3 Å². The average Bonchev–Trinajstić information content (AvgIpc) is 3.57. The largest absolute Gasteiger partial charge is 0.494 e. The number of pyridine rings is 1. The summed E-state index contributed by atoms with van der Waals surface area (Å²) < 4.78 is 13.2. The van der Waals surface area contributed by atoms with Gasteiger partial charge in [0.15, 0.2) is 5.82 Å². The van der Waals surface area contributed by atoms with Crippen molar-refractivity contribution >= 4 is 10.9 Å². The maximum Gasteiger partial charge on any atom is 0.252 e. The lowest BCUT2D eigenvalue weighted by Crippen LogP contribution is -2.38. The second kappa shape index (κ2) is 11.9. The number of morpholine rings is 1. The highest BCUT2D eigenvalue weighted by molar-refractivity contribution is 5.80. The monoisotopic (exact) mass is 495 g/mol. The Hall–Kier alpha value is -2.82. The normalized spacial score (nSPS) is 17.4. The first-order valence-electron chi connectivity index (χ1n) is 13.3. The molecule has 0 radical (unpaired) electrons. The number of hydrogen-bond donors (Lipinski definition) is 1. The fourth-order valence-corrected chi connectivity index (χ4v) is 5.35. The Morgan fingerprint density at radius 1 is 1.17 bits per heavy atom. The van der Waals surface area contributed by atoms with Crippen molar-refractivity contribution in [3.63, 3.8) is 0 Å². The van der Waals surface area contributed by atoms with Gasteiger partial charge in [0.2, 0.25) is 0 Å². The van der Waals surface area contributed by atoms with Crippen LogP contribution in [0.15, 0.2) is 29.1 Å². The zero-order valence-electron chi connectivity index (χ0n) is 21.2. The topological polar surface area (TPSA) is 101 Å². The smallest absolute Gasteiger partial charge is 0.252 e. The van der Waals surface area contributed by atoms with Gasteiger partial charge in [0.1, 0.15) is 5.75 Å². The molecule has 1 N–H and O–H groups in total. The van der Waals surface area contributed by atoms with Crippen molar-refractivity contribution in [2.24, 2.45) is 0 Å². The minimum atomic E-state index is -0.0553. The molecule has 2 aliphatic rings. The van der Waals surface area contributed by atoms with Crippen LogP contribution in [0.25, 0.3) is 10.9 Å². The number of tetrazole rings is 1. The number of nitrogens with zero attached hydrogens (tertiary/aromatic N) is 6. The molecule has 0 amide bonds. The number of benzene rings is 1. The predicted molar refractivity (Wildman–Crippen MR) is 137 cm³/mol. The molecule has 194 valence electrons. The van der Waals surface area contributed by atoms with E-state index in [-0.39, 0.29) is 5.56 Å². The minimum absolute atomic E-state index is 0.0553. The Bertz CT molecular complexity index is 1180. The van der Waals surface area contributed by atoms with Gasteiger partial charge in [0, 0.05) is 42.6 Å². The summed E-state index contributed by atoms with van der Waals surface area (Å²) >= 11 is 0. The standard InChI is InChI=1S/C26H37N7O3/c1-2-36-23-8-9-24-20(17-23)16-21(26(34)27-24)18-32(11-5-10-31-12-14-35-15-13-31)19-25-28-29-30-33(25)22-6-3-4-7-22/h8-9,16-17,22H,2-7,10-15,18-19H2,1H3,(H,27,34). The summed E-state index contributed by atoms with van der Waals surface area (Å²) in [6, 6.07) is 8.16. The predicted octanol–water partition coefficient (Wildman–Crippen LogP) is 2.75. The van der Waals surface area contributed by atoms with E-state index in [1.54, 1.807) is 0 Å². The zero-order valence-corrected chi connectivity index (χ0v) is 21.2. The van der Waals surface area contributed by atoms with Crippen molar-refractivity contribution in [1.29, 1.82) is 0 Å². The summed E-state index contributed by atoms with van der Waals surface area (Å²) in [6.07, 6.45) is 5.71.